The Kier molecular flexibility index (Phi) is 9.64. The lowest BCUT2D eigenvalue weighted by molar-refractivity contribution is -0.121. The number of hydrogen-bond acceptors (Lipinski definition) is 7. The number of carbonyl (C=O) groups excluding carboxylic acids is 1. The van der Waals surface area contributed by atoms with Crippen LogP contribution < -0.4 is 14.5 Å². The monoisotopic (exact) mass is 532 g/mol. The highest BCUT2D eigenvalue weighted by Crippen LogP contribution is 2.29. The molecular formula is C31H40N4O4. The van der Waals surface area contributed by atoms with Gasteiger partial charge >= 0.3 is 0 Å². The second kappa shape index (κ2) is 13.7. The summed E-state index contributed by atoms with van der Waals surface area (Å²) in [6.45, 7) is 8.92. The first-order valence-corrected chi connectivity index (χ1v) is 14.3. The van der Waals surface area contributed by atoms with Gasteiger partial charge in [-0.3, -0.25) is 14.6 Å². The van der Waals surface area contributed by atoms with Gasteiger partial charge < -0.3 is 19.1 Å². The number of aryl methyl sites for hydroxylation is 1. The maximum absolute atomic E-state index is 12.5. The van der Waals surface area contributed by atoms with Crippen molar-refractivity contribution in [2.75, 3.05) is 69.3 Å². The number of ether oxygens (including phenoxy) is 3. The van der Waals surface area contributed by atoms with Crippen LogP contribution in [-0.4, -0.2) is 75.3 Å². The number of anilines is 2. The molecule has 208 valence electrons. The molecule has 3 heterocycles. The standard InChI is InChI=1S/C31H40N4O4/c1-2-21-37-24-38-23-35-30(36)15-13-26-12-14-29(32-31(26)35)39-22-6-5-16-33-17-19-34(20-18-33)28-11-7-9-25-8-3-4-10-27(25)28/h3-4,7-12,14H,2,5-6,13,15-24H2,1H3. The summed E-state index contributed by atoms with van der Waals surface area (Å²) in [5.74, 6) is 1.21. The van der Waals surface area contributed by atoms with Crippen LogP contribution in [0.5, 0.6) is 5.88 Å². The summed E-state index contributed by atoms with van der Waals surface area (Å²) in [4.78, 5) is 23.8. The molecule has 2 aliphatic rings. The lowest BCUT2D eigenvalue weighted by Crippen LogP contribution is -2.46. The van der Waals surface area contributed by atoms with E-state index in [1.807, 2.05) is 19.1 Å². The van der Waals surface area contributed by atoms with Gasteiger partial charge in [-0.15, -0.1) is 0 Å². The van der Waals surface area contributed by atoms with Crippen LogP contribution in [0.25, 0.3) is 10.8 Å². The predicted molar refractivity (Wildman–Crippen MR) is 154 cm³/mol. The molecule has 3 aromatic rings. The van der Waals surface area contributed by atoms with Crippen molar-refractivity contribution >= 4 is 28.2 Å². The largest absolute Gasteiger partial charge is 0.478 e. The fourth-order valence-electron chi connectivity index (χ4n) is 5.30. The van der Waals surface area contributed by atoms with Crippen LogP contribution in [0.2, 0.25) is 0 Å². The van der Waals surface area contributed by atoms with Gasteiger partial charge in [-0.05, 0) is 55.3 Å². The van der Waals surface area contributed by atoms with Crippen LogP contribution >= 0.6 is 0 Å². The Hall–Kier alpha value is -3.20. The van der Waals surface area contributed by atoms with Crippen molar-refractivity contribution in [3.05, 3.63) is 60.2 Å². The Labute approximate surface area is 231 Å². The van der Waals surface area contributed by atoms with Crippen molar-refractivity contribution in [3.8, 4) is 5.88 Å². The summed E-state index contributed by atoms with van der Waals surface area (Å²) < 4.78 is 16.9. The van der Waals surface area contributed by atoms with Gasteiger partial charge in [-0.1, -0.05) is 43.3 Å². The van der Waals surface area contributed by atoms with Gasteiger partial charge in [0.1, 0.15) is 19.3 Å². The summed E-state index contributed by atoms with van der Waals surface area (Å²) in [7, 11) is 0. The summed E-state index contributed by atoms with van der Waals surface area (Å²) in [6.07, 6.45) is 4.13. The van der Waals surface area contributed by atoms with E-state index in [0.717, 1.165) is 57.5 Å². The number of amides is 1. The third-order valence-electron chi connectivity index (χ3n) is 7.43. The molecule has 39 heavy (non-hydrogen) atoms. The lowest BCUT2D eigenvalue weighted by Gasteiger charge is -2.36. The van der Waals surface area contributed by atoms with Gasteiger partial charge in [0, 0.05) is 56.3 Å². The fraction of sp³-hybridized carbons (Fsp3) is 0.484. The van der Waals surface area contributed by atoms with Crippen molar-refractivity contribution < 1.29 is 19.0 Å². The van der Waals surface area contributed by atoms with Crippen LogP contribution in [0.1, 0.15) is 38.2 Å². The molecule has 8 heteroatoms. The highest BCUT2D eigenvalue weighted by molar-refractivity contribution is 5.95. The van der Waals surface area contributed by atoms with Gasteiger partial charge in [0.25, 0.3) is 0 Å². The number of piperazine rings is 1. The number of pyridine rings is 1. The molecule has 0 aliphatic carbocycles. The minimum absolute atomic E-state index is 0.0168. The minimum atomic E-state index is 0.0168. The van der Waals surface area contributed by atoms with E-state index in [9.17, 15) is 4.79 Å². The molecule has 0 saturated carbocycles. The maximum atomic E-state index is 12.5. The van der Waals surface area contributed by atoms with E-state index in [1.165, 1.54) is 16.5 Å². The number of fused-ring (bicyclic) bond motifs is 2. The Morgan fingerprint density at radius 2 is 1.72 bits per heavy atom. The SMILES string of the molecule is CCCOCOCN1C(=O)CCc2ccc(OCCCCN3CCN(c4cccc5ccccc45)CC3)nc21. The number of rotatable bonds is 13. The molecule has 5 rings (SSSR count). The first kappa shape index (κ1) is 27.4. The highest BCUT2D eigenvalue weighted by atomic mass is 16.7. The van der Waals surface area contributed by atoms with Crippen LogP contribution in [0.15, 0.2) is 54.6 Å². The van der Waals surface area contributed by atoms with E-state index in [4.69, 9.17) is 14.2 Å². The highest BCUT2D eigenvalue weighted by Gasteiger charge is 2.26. The second-order valence-corrected chi connectivity index (χ2v) is 10.2. The Morgan fingerprint density at radius 3 is 2.59 bits per heavy atom. The van der Waals surface area contributed by atoms with Gasteiger partial charge in [-0.25, -0.2) is 0 Å². The summed E-state index contributed by atoms with van der Waals surface area (Å²) >= 11 is 0. The molecular weight excluding hydrogens is 492 g/mol. The zero-order valence-corrected chi connectivity index (χ0v) is 23.0. The van der Waals surface area contributed by atoms with E-state index in [1.54, 1.807) is 4.90 Å². The second-order valence-electron chi connectivity index (χ2n) is 10.2. The zero-order chi connectivity index (χ0) is 26.9. The average Bonchev–Trinajstić information content (AvgIpc) is 2.98. The molecule has 0 unspecified atom stereocenters. The van der Waals surface area contributed by atoms with Crippen molar-refractivity contribution in [2.24, 2.45) is 0 Å². The Morgan fingerprint density at radius 1 is 0.872 bits per heavy atom. The summed E-state index contributed by atoms with van der Waals surface area (Å²) in [5, 5.41) is 2.64. The maximum Gasteiger partial charge on any atom is 0.230 e. The quantitative estimate of drug-likeness (QED) is 0.230. The molecule has 1 saturated heterocycles. The van der Waals surface area contributed by atoms with Crippen LogP contribution in [0.3, 0.4) is 0 Å². The third-order valence-corrected chi connectivity index (χ3v) is 7.43. The Bertz CT molecular complexity index is 1220. The molecule has 0 N–H and O–H groups in total. The molecule has 2 aliphatic heterocycles. The van der Waals surface area contributed by atoms with Gasteiger partial charge in [-0.2, -0.15) is 4.98 Å². The smallest absolute Gasteiger partial charge is 0.230 e. The van der Waals surface area contributed by atoms with Crippen LogP contribution in [0, 0.1) is 0 Å². The van der Waals surface area contributed by atoms with E-state index in [2.05, 4.69) is 57.2 Å². The van der Waals surface area contributed by atoms with Gasteiger partial charge in [0.2, 0.25) is 11.8 Å². The van der Waals surface area contributed by atoms with E-state index < -0.39 is 0 Å². The van der Waals surface area contributed by atoms with E-state index in [0.29, 0.717) is 37.8 Å². The topological polar surface area (TPSA) is 67.4 Å². The van der Waals surface area contributed by atoms with E-state index in [-0.39, 0.29) is 19.4 Å². The molecule has 0 radical (unpaired) electrons. The molecule has 1 fully saturated rings. The van der Waals surface area contributed by atoms with Crippen molar-refractivity contribution in [3.63, 3.8) is 0 Å². The number of benzene rings is 2. The fourth-order valence-corrected chi connectivity index (χ4v) is 5.30. The number of carbonyl (C=O) groups is 1. The first-order chi connectivity index (χ1) is 19.2. The van der Waals surface area contributed by atoms with Crippen LogP contribution in [0.4, 0.5) is 11.5 Å². The first-order valence-electron chi connectivity index (χ1n) is 14.3. The van der Waals surface area contributed by atoms with Crippen molar-refractivity contribution in [1.82, 2.24) is 9.88 Å². The third kappa shape index (κ3) is 7.06. The Balaban J connectivity index is 1.04. The van der Waals surface area contributed by atoms with Gasteiger partial charge in [0.05, 0.1) is 6.61 Å². The minimum Gasteiger partial charge on any atom is -0.478 e. The van der Waals surface area contributed by atoms with Crippen molar-refractivity contribution in [1.29, 1.82) is 0 Å². The predicted octanol–water partition coefficient (Wildman–Crippen LogP) is 4.85. The summed E-state index contributed by atoms with van der Waals surface area (Å²) in [5.41, 5.74) is 2.39. The molecule has 1 aromatic heterocycles. The number of nitrogens with zero attached hydrogens (tertiary/aromatic N) is 4. The van der Waals surface area contributed by atoms with Gasteiger partial charge in [0.15, 0.2) is 0 Å². The lowest BCUT2D eigenvalue weighted by atomic mass is 10.1. The normalized spacial score (nSPS) is 16.1. The van der Waals surface area contributed by atoms with Crippen molar-refractivity contribution in [2.45, 2.75) is 39.0 Å². The number of hydrogen-bond donors (Lipinski definition) is 0. The van der Waals surface area contributed by atoms with Crippen LogP contribution in [-0.2, 0) is 20.7 Å². The molecule has 2 aromatic carbocycles. The number of unbranched alkanes of at least 4 members (excludes halogenated alkanes) is 1. The molecule has 0 atom stereocenters. The number of aromatic nitrogens is 1. The average molecular weight is 533 g/mol. The summed E-state index contributed by atoms with van der Waals surface area (Å²) in [6, 6.07) is 19.1. The molecule has 1 amide bonds. The molecule has 8 nitrogen and oxygen atoms in total. The van der Waals surface area contributed by atoms with E-state index >= 15 is 0 Å². The zero-order valence-electron chi connectivity index (χ0n) is 23.0. The molecule has 0 bridgehead atoms. The molecule has 0 spiro atoms.